The number of hydrogen-bond donors (Lipinski definition) is 0. The van der Waals surface area contributed by atoms with Crippen LogP contribution in [-0.2, 0) is 4.74 Å². The molecular weight excluding hydrogens is 312 g/mol. The zero-order valence-electron chi connectivity index (χ0n) is 14.0. The maximum Gasteiger partial charge on any atom is 0.156 e. The molecule has 4 rings (SSSR count). The minimum Gasteiger partial charge on any atom is -0.380 e. The monoisotopic (exact) mass is 330 g/mol. The topological polar surface area (TPSA) is 62.0 Å². The lowest BCUT2D eigenvalue weighted by molar-refractivity contribution is 0.121. The van der Waals surface area contributed by atoms with E-state index in [-0.39, 0.29) is 6.10 Å². The maximum absolute atomic E-state index is 9.22. The number of para-hydroxylation sites is 2. The first-order chi connectivity index (χ1) is 12.3. The van der Waals surface area contributed by atoms with Crippen LogP contribution in [0.15, 0.2) is 48.5 Å². The van der Waals surface area contributed by atoms with Crippen LogP contribution in [-0.4, -0.2) is 36.3 Å². The zero-order chi connectivity index (χ0) is 17.2. The molecule has 0 spiro atoms. The van der Waals surface area contributed by atoms with Crippen LogP contribution >= 0.6 is 0 Å². The second-order valence-electron chi connectivity index (χ2n) is 6.17. The van der Waals surface area contributed by atoms with Gasteiger partial charge in [-0.15, -0.1) is 0 Å². The third-order valence-corrected chi connectivity index (χ3v) is 4.60. The molecule has 0 radical (unpaired) electrons. The van der Waals surface area contributed by atoms with Gasteiger partial charge in [-0.1, -0.05) is 24.3 Å². The molecule has 5 nitrogen and oxygen atoms in total. The van der Waals surface area contributed by atoms with Gasteiger partial charge < -0.3 is 9.64 Å². The Morgan fingerprint density at radius 1 is 1.12 bits per heavy atom. The van der Waals surface area contributed by atoms with Gasteiger partial charge in [0.25, 0.3) is 0 Å². The van der Waals surface area contributed by atoms with Crippen LogP contribution in [0.3, 0.4) is 0 Å². The van der Waals surface area contributed by atoms with E-state index in [0.29, 0.717) is 5.56 Å². The molecule has 0 aliphatic carbocycles. The Hall–Kier alpha value is -2.97. The minimum atomic E-state index is 0.214. The number of benzene rings is 2. The number of anilines is 1. The van der Waals surface area contributed by atoms with Gasteiger partial charge in [-0.05, 0) is 30.7 Å². The van der Waals surface area contributed by atoms with E-state index in [1.165, 1.54) is 0 Å². The van der Waals surface area contributed by atoms with Crippen molar-refractivity contribution in [1.82, 2.24) is 9.97 Å². The second kappa shape index (κ2) is 6.50. The summed E-state index contributed by atoms with van der Waals surface area (Å²) in [4.78, 5) is 12.0. The molecule has 0 amide bonds. The Kier molecular flexibility index (Phi) is 4.04. The molecule has 3 aromatic rings. The van der Waals surface area contributed by atoms with Crippen molar-refractivity contribution in [3.8, 4) is 17.3 Å². The fourth-order valence-electron chi connectivity index (χ4n) is 3.25. The summed E-state index contributed by atoms with van der Waals surface area (Å²) in [6, 6.07) is 17.6. The number of rotatable bonds is 3. The van der Waals surface area contributed by atoms with E-state index >= 15 is 0 Å². The summed E-state index contributed by atoms with van der Waals surface area (Å²) in [7, 11) is 1.75. The predicted octanol–water partition coefficient (Wildman–Crippen LogP) is 3.39. The Labute approximate surface area is 146 Å². The minimum absolute atomic E-state index is 0.214. The zero-order valence-corrected chi connectivity index (χ0v) is 14.0. The molecule has 25 heavy (non-hydrogen) atoms. The molecule has 2 heterocycles. The van der Waals surface area contributed by atoms with Gasteiger partial charge in [0.15, 0.2) is 5.82 Å². The van der Waals surface area contributed by atoms with Gasteiger partial charge in [0.05, 0.1) is 28.8 Å². The summed E-state index contributed by atoms with van der Waals surface area (Å²) in [6.07, 6.45) is 1.19. The number of nitrogens with zero attached hydrogens (tertiary/aromatic N) is 4. The van der Waals surface area contributed by atoms with Crippen molar-refractivity contribution >= 4 is 16.9 Å². The first-order valence-corrected chi connectivity index (χ1v) is 8.33. The van der Waals surface area contributed by atoms with E-state index in [1.807, 2.05) is 42.5 Å². The summed E-state index contributed by atoms with van der Waals surface area (Å²) < 4.78 is 5.50. The van der Waals surface area contributed by atoms with Crippen LogP contribution in [0, 0.1) is 11.3 Å². The first kappa shape index (κ1) is 15.6. The molecule has 1 saturated heterocycles. The van der Waals surface area contributed by atoms with Crippen LogP contribution in [0.5, 0.6) is 0 Å². The second-order valence-corrected chi connectivity index (χ2v) is 6.17. The van der Waals surface area contributed by atoms with E-state index in [0.717, 1.165) is 47.6 Å². The van der Waals surface area contributed by atoms with E-state index < -0.39 is 0 Å². The van der Waals surface area contributed by atoms with E-state index in [9.17, 15) is 5.26 Å². The fourth-order valence-corrected chi connectivity index (χ4v) is 3.25. The smallest absolute Gasteiger partial charge is 0.156 e. The molecule has 5 heteroatoms. The lowest BCUT2D eigenvalue weighted by Gasteiger charge is -2.21. The SMILES string of the molecule is COC1CCN(c2nc3ccccc3nc2-c2cccc(C#N)c2)C1. The van der Waals surface area contributed by atoms with Crippen LogP contribution in [0.25, 0.3) is 22.3 Å². The summed E-state index contributed by atoms with van der Waals surface area (Å²) in [6.45, 7) is 1.69. The van der Waals surface area contributed by atoms with E-state index in [1.54, 1.807) is 13.2 Å². The Morgan fingerprint density at radius 2 is 1.92 bits per heavy atom. The molecule has 1 aromatic heterocycles. The van der Waals surface area contributed by atoms with Gasteiger partial charge in [-0.3, -0.25) is 0 Å². The highest BCUT2D eigenvalue weighted by molar-refractivity contribution is 5.84. The van der Waals surface area contributed by atoms with Gasteiger partial charge in [-0.25, -0.2) is 9.97 Å². The Bertz CT molecular complexity index is 963. The summed E-state index contributed by atoms with van der Waals surface area (Å²) in [5, 5.41) is 9.22. The highest BCUT2D eigenvalue weighted by Crippen LogP contribution is 2.32. The normalized spacial score (nSPS) is 17.0. The van der Waals surface area contributed by atoms with Crippen molar-refractivity contribution in [2.45, 2.75) is 12.5 Å². The molecule has 1 atom stereocenters. The number of aromatic nitrogens is 2. The number of hydrogen-bond acceptors (Lipinski definition) is 5. The van der Waals surface area contributed by atoms with Crippen molar-refractivity contribution < 1.29 is 4.74 Å². The first-order valence-electron chi connectivity index (χ1n) is 8.33. The van der Waals surface area contributed by atoms with Gasteiger partial charge in [0, 0.05) is 25.8 Å². The lowest BCUT2D eigenvalue weighted by atomic mass is 10.1. The summed E-state index contributed by atoms with van der Waals surface area (Å²) in [5.74, 6) is 0.855. The molecule has 2 aromatic carbocycles. The standard InChI is InChI=1S/C20H18N4O/c1-25-16-9-10-24(13-16)20-19(15-6-4-5-14(11-15)12-21)22-17-7-2-3-8-18(17)23-20/h2-8,11,16H,9-10,13H2,1H3. The molecule has 0 saturated carbocycles. The van der Waals surface area contributed by atoms with E-state index in [2.05, 4.69) is 11.0 Å². The quantitative estimate of drug-likeness (QED) is 0.736. The molecule has 0 N–H and O–H groups in total. The van der Waals surface area contributed by atoms with Gasteiger partial charge >= 0.3 is 0 Å². The highest BCUT2D eigenvalue weighted by atomic mass is 16.5. The van der Waals surface area contributed by atoms with Crippen LogP contribution in [0.4, 0.5) is 5.82 Å². The molecule has 1 fully saturated rings. The van der Waals surface area contributed by atoms with E-state index in [4.69, 9.17) is 14.7 Å². The molecule has 0 bridgehead atoms. The van der Waals surface area contributed by atoms with Crippen LogP contribution in [0.1, 0.15) is 12.0 Å². The van der Waals surface area contributed by atoms with Crippen molar-refractivity contribution in [2.75, 3.05) is 25.1 Å². The third kappa shape index (κ3) is 2.92. The average Bonchev–Trinajstić information content (AvgIpc) is 3.16. The van der Waals surface area contributed by atoms with Crippen molar-refractivity contribution in [2.24, 2.45) is 0 Å². The summed E-state index contributed by atoms with van der Waals surface area (Å²) >= 11 is 0. The Morgan fingerprint density at radius 3 is 2.64 bits per heavy atom. The number of nitriles is 1. The number of ether oxygens (including phenoxy) is 1. The molecule has 124 valence electrons. The number of methoxy groups -OCH3 is 1. The maximum atomic E-state index is 9.22. The third-order valence-electron chi connectivity index (χ3n) is 4.60. The molecule has 1 aliphatic rings. The van der Waals surface area contributed by atoms with Crippen molar-refractivity contribution in [3.05, 3.63) is 54.1 Å². The summed E-state index contributed by atoms with van der Waals surface area (Å²) in [5.41, 5.74) is 4.07. The van der Waals surface area contributed by atoms with Gasteiger partial charge in [0.2, 0.25) is 0 Å². The average molecular weight is 330 g/mol. The Balaban J connectivity index is 1.88. The van der Waals surface area contributed by atoms with Crippen LogP contribution in [0.2, 0.25) is 0 Å². The highest BCUT2D eigenvalue weighted by Gasteiger charge is 2.26. The van der Waals surface area contributed by atoms with Gasteiger partial charge in [-0.2, -0.15) is 5.26 Å². The lowest BCUT2D eigenvalue weighted by Crippen LogP contribution is -2.24. The molecule has 1 unspecified atom stereocenters. The molecule has 1 aliphatic heterocycles. The van der Waals surface area contributed by atoms with Crippen molar-refractivity contribution in [3.63, 3.8) is 0 Å². The predicted molar refractivity (Wildman–Crippen MR) is 97.3 cm³/mol. The van der Waals surface area contributed by atoms with Crippen molar-refractivity contribution in [1.29, 1.82) is 5.26 Å². The largest absolute Gasteiger partial charge is 0.380 e. The fraction of sp³-hybridized carbons (Fsp3) is 0.250. The van der Waals surface area contributed by atoms with Gasteiger partial charge in [0.1, 0.15) is 5.69 Å². The number of fused-ring (bicyclic) bond motifs is 1. The molecular formula is C20H18N4O. The van der Waals surface area contributed by atoms with Crippen LogP contribution < -0.4 is 4.90 Å².